The first-order valence-corrected chi connectivity index (χ1v) is 9.99. The zero-order chi connectivity index (χ0) is 16.1. The lowest BCUT2D eigenvalue weighted by atomic mass is 10.0. The molecule has 0 bridgehead atoms. The van der Waals surface area contributed by atoms with Crippen LogP contribution in [0.15, 0.2) is 35.3 Å². The molecule has 0 N–H and O–H groups in total. The van der Waals surface area contributed by atoms with E-state index in [1.807, 2.05) is 30.3 Å². The maximum Gasteiger partial charge on any atom is 0.376 e. The molecule has 4 nitrogen and oxygen atoms in total. The van der Waals surface area contributed by atoms with E-state index in [0.29, 0.717) is 0 Å². The maximum atomic E-state index is 6.08. The van der Waals surface area contributed by atoms with Crippen molar-refractivity contribution in [3.63, 3.8) is 0 Å². The Balaban J connectivity index is 2.53. The van der Waals surface area contributed by atoms with Crippen molar-refractivity contribution < 1.29 is 13.6 Å². The number of hydrogen-bond acceptors (Lipinski definition) is 4. The van der Waals surface area contributed by atoms with Gasteiger partial charge < -0.3 is 13.6 Å². The molecule has 1 fully saturated rings. The molecule has 2 rings (SSSR count). The second kappa shape index (κ2) is 7.50. The minimum atomic E-state index is -2.50. The van der Waals surface area contributed by atoms with Crippen LogP contribution in [0, 0.1) is 0 Å². The normalized spacial score (nSPS) is 26.3. The summed E-state index contributed by atoms with van der Waals surface area (Å²) in [6.07, 6.45) is 3.85. The Morgan fingerprint density at radius 2 is 1.82 bits per heavy atom. The monoisotopic (exact) mass is 321 g/mol. The third kappa shape index (κ3) is 2.90. The highest BCUT2D eigenvalue weighted by Crippen LogP contribution is 2.42. The van der Waals surface area contributed by atoms with Gasteiger partial charge in [0.1, 0.15) is 5.22 Å². The number of ether oxygens (including phenoxy) is 1. The van der Waals surface area contributed by atoms with Crippen LogP contribution in [0.3, 0.4) is 0 Å². The second-order valence-corrected chi connectivity index (χ2v) is 9.32. The lowest BCUT2D eigenvalue weighted by molar-refractivity contribution is 0.0438. The zero-order valence-electron chi connectivity index (χ0n) is 14.1. The van der Waals surface area contributed by atoms with Crippen LogP contribution < -0.4 is 0 Å². The summed E-state index contributed by atoms with van der Waals surface area (Å²) in [5, 5.41) is -0.501. The number of nitrogens with zero attached hydrogens (tertiary/aromatic N) is 1. The molecule has 0 spiro atoms. The summed E-state index contributed by atoms with van der Waals surface area (Å²) in [5.41, 5.74) is 2.04. The van der Waals surface area contributed by atoms with Crippen LogP contribution in [-0.4, -0.2) is 40.8 Å². The highest BCUT2D eigenvalue weighted by atomic mass is 28.4. The molecule has 1 aromatic carbocycles. The van der Waals surface area contributed by atoms with Gasteiger partial charge in [0.25, 0.3) is 0 Å². The van der Waals surface area contributed by atoms with Crippen molar-refractivity contribution in [1.82, 2.24) is 0 Å². The van der Waals surface area contributed by atoms with Gasteiger partial charge in [0.05, 0.1) is 11.4 Å². The van der Waals surface area contributed by atoms with Crippen LogP contribution in [0.25, 0.3) is 0 Å². The van der Waals surface area contributed by atoms with Gasteiger partial charge in [-0.15, -0.1) is 0 Å². The summed E-state index contributed by atoms with van der Waals surface area (Å²) >= 11 is 0. The molecule has 5 heteroatoms. The van der Waals surface area contributed by atoms with E-state index >= 15 is 0 Å². The van der Waals surface area contributed by atoms with E-state index in [1.54, 1.807) is 21.3 Å². The fraction of sp³-hybridized carbons (Fsp3) is 0.588. The molecule has 1 saturated heterocycles. The van der Waals surface area contributed by atoms with Crippen molar-refractivity contribution in [3.8, 4) is 0 Å². The molecular weight excluding hydrogens is 294 g/mol. The molecule has 22 heavy (non-hydrogen) atoms. The Hall–Kier alpha value is -1.01. The first-order valence-electron chi connectivity index (χ1n) is 7.96. The molecule has 1 aromatic rings. The Labute approximate surface area is 134 Å². The fourth-order valence-electron chi connectivity index (χ4n) is 3.60. The lowest BCUT2D eigenvalue weighted by Gasteiger charge is -2.48. The van der Waals surface area contributed by atoms with Crippen molar-refractivity contribution in [2.24, 2.45) is 4.99 Å². The number of hydrogen-bond donors (Lipinski definition) is 0. The summed E-state index contributed by atoms with van der Waals surface area (Å²) in [6.45, 7) is 2.17. The van der Waals surface area contributed by atoms with E-state index in [4.69, 9.17) is 18.6 Å². The van der Waals surface area contributed by atoms with Crippen molar-refractivity contribution in [2.75, 3.05) is 21.3 Å². The smallest absolute Gasteiger partial charge is 0.376 e. The highest BCUT2D eigenvalue weighted by molar-refractivity contribution is 6.75. The Morgan fingerprint density at radius 3 is 2.36 bits per heavy atom. The van der Waals surface area contributed by atoms with Crippen molar-refractivity contribution in [2.45, 2.75) is 43.9 Å². The fourth-order valence-corrected chi connectivity index (χ4v) is 7.44. The second-order valence-electron chi connectivity index (χ2n) is 5.69. The molecule has 0 radical (unpaired) electrons. The third-order valence-electron chi connectivity index (χ3n) is 4.63. The van der Waals surface area contributed by atoms with E-state index in [9.17, 15) is 0 Å². The van der Waals surface area contributed by atoms with Crippen LogP contribution >= 0.6 is 0 Å². The van der Waals surface area contributed by atoms with Crippen molar-refractivity contribution in [1.29, 1.82) is 0 Å². The van der Waals surface area contributed by atoms with Gasteiger partial charge >= 0.3 is 8.56 Å². The van der Waals surface area contributed by atoms with Crippen LogP contribution in [0.2, 0.25) is 6.04 Å². The molecular formula is C17H27NO3Si. The minimum Gasteiger partial charge on any atom is -0.396 e. The highest BCUT2D eigenvalue weighted by Gasteiger charge is 2.61. The lowest BCUT2D eigenvalue weighted by Crippen LogP contribution is -2.69. The van der Waals surface area contributed by atoms with E-state index in [1.165, 1.54) is 0 Å². The van der Waals surface area contributed by atoms with Crippen molar-refractivity contribution in [3.05, 3.63) is 30.3 Å². The number of aliphatic imine (C=N–C) groups is 1. The van der Waals surface area contributed by atoms with E-state index in [2.05, 4.69) is 6.92 Å². The molecule has 122 valence electrons. The first kappa shape index (κ1) is 17.3. The summed E-state index contributed by atoms with van der Waals surface area (Å²) < 4.78 is 18.0. The zero-order valence-corrected chi connectivity index (χ0v) is 15.1. The predicted octanol–water partition coefficient (Wildman–Crippen LogP) is 4.01. The quantitative estimate of drug-likeness (QED) is 0.743. The molecule has 1 aliphatic rings. The Kier molecular flexibility index (Phi) is 5.92. The first-order chi connectivity index (χ1) is 10.7. The standard InChI is InChI=1S/C17H27NO3Si/c1-5-13-17(19-2)16(18-15-10-7-6-8-11-15)12-9-14-22(17,20-3)21-4/h6-8,10-11H,5,9,12-14H2,1-4H3. The van der Waals surface area contributed by atoms with Gasteiger partial charge in [0, 0.05) is 21.3 Å². The number of methoxy groups -OCH3 is 1. The van der Waals surface area contributed by atoms with Gasteiger partial charge in [-0.25, -0.2) is 0 Å². The predicted molar refractivity (Wildman–Crippen MR) is 92.0 cm³/mol. The van der Waals surface area contributed by atoms with Crippen LogP contribution in [-0.2, 0) is 13.6 Å². The molecule has 0 amide bonds. The molecule has 1 atom stereocenters. The van der Waals surface area contributed by atoms with Gasteiger partial charge in [-0.3, -0.25) is 4.99 Å². The van der Waals surface area contributed by atoms with Gasteiger partial charge in [0.15, 0.2) is 0 Å². The number of rotatable bonds is 6. The molecule has 0 aromatic heterocycles. The minimum absolute atomic E-state index is 0.501. The molecule has 1 heterocycles. The molecule has 1 aliphatic heterocycles. The van der Waals surface area contributed by atoms with Gasteiger partial charge in [-0.05, 0) is 37.4 Å². The summed E-state index contributed by atoms with van der Waals surface area (Å²) in [5.74, 6) is 0. The van der Waals surface area contributed by atoms with Gasteiger partial charge in [-0.1, -0.05) is 31.5 Å². The number of benzene rings is 1. The number of para-hydroxylation sites is 1. The summed E-state index contributed by atoms with van der Waals surface area (Å²) in [6, 6.07) is 11.0. The summed E-state index contributed by atoms with van der Waals surface area (Å²) in [4.78, 5) is 4.92. The van der Waals surface area contributed by atoms with Crippen LogP contribution in [0.4, 0.5) is 5.69 Å². The average molecular weight is 321 g/mol. The average Bonchev–Trinajstić information content (AvgIpc) is 2.57. The van der Waals surface area contributed by atoms with Gasteiger partial charge in [0.2, 0.25) is 0 Å². The maximum absolute atomic E-state index is 6.08. The molecule has 1 unspecified atom stereocenters. The topological polar surface area (TPSA) is 40.0 Å². The SMILES string of the molecule is CCCC1(OC)C(=Nc2ccccc2)CCC[Si]1(OC)OC. The Bertz CT molecular complexity index is 502. The van der Waals surface area contributed by atoms with E-state index in [0.717, 1.165) is 43.1 Å². The third-order valence-corrected chi connectivity index (χ3v) is 8.94. The van der Waals surface area contributed by atoms with Crippen LogP contribution in [0.1, 0.15) is 32.6 Å². The Morgan fingerprint density at radius 1 is 1.14 bits per heavy atom. The molecule has 0 saturated carbocycles. The van der Waals surface area contributed by atoms with Gasteiger partial charge in [-0.2, -0.15) is 0 Å². The van der Waals surface area contributed by atoms with Crippen molar-refractivity contribution >= 4 is 20.0 Å². The van der Waals surface area contributed by atoms with E-state index in [-0.39, 0.29) is 0 Å². The largest absolute Gasteiger partial charge is 0.396 e. The summed E-state index contributed by atoms with van der Waals surface area (Å²) in [7, 11) is 2.77. The molecule has 0 aliphatic carbocycles. The van der Waals surface area contributed by atoms with Crippen LogP contribution in [0.5, 0.6) is 0 Å². The van der Waals surface area contributed by atoms with E-state index < -0.39 is 13.8 Å².